The normalized spacial score (nSPS) is 12.7. The van der Waals surface area contributed by atoms with Gasteiger partial charge in [0.05, 0.1) is 25.4 Å². The highest BCUT2D eigenvalue weighted by Crippen LogP contribution is 2.19. The molecule has 0 aromatic carbocycles. The van der Waals surface area contributed by atoms with Crippen molar-refractivity contribution in [2.24, 2.45) is 0 Å². The number of hydrogen-bond acceptors (Lipinski definition) is 5. The lowest BCUT2D eigenvalue weighted by Gasteiger charge is -2.22. The average molecular weight is 1200 g/mol. The number of rotatable bonds is 73. The van der Waals surface area contributed by atoms with Crippen molar-refractivity contribution >= 4 is 11.9 Å². The second-order valence-electron chi connectivity index (χ2n) is 26.7. The van der Waals surface area contributed by atoms with E-state index in [4.69, 9.17) is 4.74 Å². The van der Waals surface area contributed by atoms with Crippen molar-refractivity contribution in [3.05, 3.63) is 36.5 Å². The molecule has 3 N–H and O–H groups in total. The third-order valence-electron chi connectivity index (χ3n) is 18.2. The molecule has 0 heterocycles. The van der Waals surface area contributed by atoms with Crippen LogP contribution in [0.5, 0.6) is 0 Å². The number of ether oxygens (including phenoxy) is 1. The van der Waals surface area contributed by atoms with Crippen LogP contribution in [-0.4, -0.2) is 47.4 Å². The lowest BCUT2D eigenvalue weighted by atomic mass is 10.0. The van der Waals surface area contributed by atoms with Gasteiger partial charge in [-0.3, -0.25) is 9.59 Å². The Labute approximate surface area is 532 Å². The SMILES string of the molecule is CCCCC/C=C\CCCCCCCC(=O)OCCCCCCCCCCC/C=C\C/C=C\CCCCCCCCCCCCCCCCCC(=O)NC(CO)C(O)CCCCCCCCCCCCCCCCCCCCCCCCCCC. The number of amides is 1. The van der Waals surface area contributed by atoms with Crippen LogP contribution in [0, 0.1) is 0 Å². The Balaban J connectivity index is 3.40. The first-order valence-corrected chi connectivity index (χ1v) is 38.7. The summed E-state index contributed by atoms with van der Waals surface area (Å²) in [5.41, 5.74) is 0. The van der Waals surface area contributed by atoms with Crippen molar-refractivity contribution in [1.29, 1.82) is 0 Å². The average Bonchev–Trinajstić information content (AvgIpc) is 3.51. The van der Waals surface area contributed by atoms with Crippen LogP contribution in [0.15, 0.2) is 36.5 Å². The summed E-state index contributed by atoms with van der Waals surface area (Å²) in [5, 5.41) is 23.5. The predicted molar refractivity (Wildman–Crippen MR) is 375 cm³/mol. The van der Waals surface area contributed by atoms with Crippen molar-refractivity contribution in [3.63, 3.8) is 0 Å². The summed E-state index contributed by atoms with van der Waals surface area (Å²) in [6.45, 7) is 4.97. The summed E-state index contributed by atoms with van der Waals surface area (Å²) in [6, 6.07) is -0.543. The van der Waals surface area contributed by atoms with Gasteiger partial charge in [-0.25, -0.2) is 0 Å². The molecule has 0 aromatic rings. The summed E-state index contributed by atoms with van der Waals surface area (Å²) < 4.78 is 5.47. The third kappa shape index (κ3) is 71.0. The van der Waals surface area contributed by atoms with Gasteiger partial charge in [-0.05, 0) is 83.5 Å². The second kappa shape index (κ2) is 74.5. The smallest absolute Gasteiger partial charge is 0.305 e. The lowest BCUT2D eigenvalue weighted by Crippen LogP contribution is -2.45. The number of aliphatic hydroxyl groups excluding tert-OH is 2. The topological polar surface area (TPSA) is 95.9 Å². The van der Waals surface area contributed by atoms with Gasteiger partial charge in [-0.1, -0.05) is 371 Å². The zero-order chi connectivity index (χ0) is 61.3. The van der Waals surface area contributed by atoms with Crippen LogP contribution in [0.3, 0.4) is 0 Å². The Morgan fingerprint density at radius 1 is 0.329 bits per heavy atom. The minimum absolute atomic E-state index is 0.00366. The molecule has 2 atom stereocenters. The molecule has 2 unspecified atom stereocenters. The minimum Gasteiger partial charge on any atom is -0.466 e. The van der Waals surface area contributed by atoms with Gasteiger partial charge < -0.3 is 20.3 Å². The van der Waals surface area contributed by atoms with E-state index >= 15 is 0 Å². The van der Waals surface area contributed by atoms with Gasteiger partial charge >= 0.3 is 5.97 Å². The van der Waals surface area contributed by atoms with Gasteiger partial charge in [-0.2, -0.15) is 0 Å². The highest BCUT2D eigenvalue weighted by Gasteiger charge is 2.20. The minimum atomic E-state index is -0.666. The molecule has 0 bridgehead atoms. The molecule has 6 nitrogen and oxygen atoms in total. The summed E-state index contributed by atoms with van der Waals surface area (Å²) in [4.78, 5) is 24.6. The van der Waals surface area contributed by atoms with E-state index in [1.165, 1.54) is 347 Å². The largest absolute Gasteiger partial charge is 0.466 e. The van der Waals surface area contributed by atoms with Gasteiger partial charge in [-0.15, -0.1) is 0 Å². The van der Waals surface area contributed by atoms with Gasteiger partial charge in [0.1, 0.15) is 0 Å². The number of allylic oxidation sites excluding steroid dienone is 6. The van der Waals surface area contributed by atoms with Crippen LogP contribution in [0.4, 0.5) is 0 Å². The molecule has 0 radical (unpaired) electrons. The van der Waals surface area contributed by atoms with Crippen molar-refractivity contribution in [2.75, 3.05) is 13.2 Å². The monoisotopic (exact) mass is 1190 g/mol. The molecule has 502 valence electrons. The first-order chi connectivity index (χ1) is 42.0. The molecule has 85 heavy (non-hydrogen) atoms. The van der Waals surface area contributed by atoms with E-state index in [9.17, 15) is 19.8 Å². The van der Waals surface area contributed by atoms with E-state index in [-0.39, 0.29) is 18.5 Å². The fourth-order valence-corrected chi connectivity index (χ4v) is 12.3. The fraction of sp³-hybridized carbons (Fsp3) is 0.899. The highest BCUT2D eigenvalue weighted by molar-refractivity contribution is 5.76. The molecule has 0 saturated heterocycles. The van der Waals surface area contributed by atoms with E-state index in [1.54, 1.807) is 0 Å². The van der Waals surface area contributed by atoms with Crippen LogP contribution < -0.4 is 5.32 Å². The van der Waals surface area contributed by atoms with E-state index < -0.39 is 12.1 Å². The maximum atomic E-state index is 12.6. The molecule has 6 heteroatoms. The van der Waals surface area contributed by atoms with Gasteiger partial charge in [0.15, 0.2) is 0 Å². The van der Waals surface area contributed by atoms with Crippen LogP contribution in [0.25, 0.3) is 0 Å². The summed E-state index contributed by atoms with van der Waals surface area (Å²) in [7, 11) is 0. The lowest BCUT2D eigenvalue weighted by molar-refractivity contribution is -0.143. The van der Waals surface area contributed by atoms with Crippen LogP contribution in [-0.2, 0) is 14.3 Å². The van der Waals surface area contributed by atoms with Crippen LogP contribution >= 0.6 is 0 Å². The van der Waals surface area contributed by atoms with Crippen LogP contribution in [0.1, 0.15) is 431 Å². The first kappa shape index (κ1) is 83.1. The quantitative estimate of drug-likeness (QED) is 0.0320. The van der Waals surface area contributed by atoms with E-state index in [1.807, 2.05) is 0 Å². The van der Waals surface area contributed by atoms with E-state index in [0.29, 0.717) is 25.9 Å². The number of carbonyl (C=O) groups excluding carboxylic acids is 2. The van der Waals surface area contributed by atoms with Crippen molar-refractivity contribution < 1.29 is 24.5 Å². The van der Waals surface area contributed by atoms with Gasteiger partial charge in [0.2, 0.25) is 5.91 Å². The zero-order valence-corrected chi connectivity index (χ0v) is 57.6. The predicted octanol–water partition coefficient (Wildman–Crippen LogP) is 25.4. The Morgan fingerprint density at radius 3 is 0.929 bits per heavy atom. The summed E-state index contributed by atoms with van der Waals surface area (Å²) in [5.74, 6) is -0.0254. The standard InChI is InChI=1S/C79H151NO5/c1-3-5-7-9-11-13-15-17-18-19-20-21-22-30-33-36-39-42-45-48-51-55-59-63-67-71-77(82)76(75-81)80-78(83)72-68-64-60-56-52-49-46-43-40-37-34-31-28-26-24-23-25-27-29-32-35-38-41-44-47-50-54-58-62-66-70-74-85-79(84)73-69-65-61-57-53-16-14-12-10-8-6-4-2/h12,14,25,27,32,35,76-77,81-82H,3-11,13,15-24,26,28-31,33-34,36-75H2,1-2H3,(H,80,83)/b14-12-,27-25-,35-32-. The molecule has 1 amide bonds. The molecular formula is C79H151NO5. The molecule has 0 spiro atoms. The molecule has 0 saturated carbocycles. The molecular weight excluding hydrogens is 1040 g/mol. The molecule has 0 aliphatic rings. The number of hydrogen-bond donors (Lipinski definition) is 3. The Hall–Kier alpha value is -1.92. The second-order valence-corrected chi connectivity index (χ2v) is 26.7. The molecule has 0 rings (SSSR count). The molecule has 0 aromatic heterocycles. The Kier molecular flexibility index (Phi) is 72.9. The number of nitrogens with one attached hydrogen (secondary N) is 1. The van der Waals surface area contributed by atoms with Gasteiger partial charge in [0, 0.05) is 12.8 Å². The summed E-state index contributed by atoms with van der Waals surface area (Å²) in [6.07, 6.45) is 96.5. The third-order valence-corrected chi connectivity index (χ3v) is 18.2. The van der Waals surface area contributed by atoms with Crippen molar-refractivity contribution in [2.45, 2.75) is 443 Å². The van der Waals surface area contributed by atoms with Gasteiger partial charge in [0.25, 0.3) is 0 Å². The van der Waals surface area contributed by atoms with E-state index in [0.717, 1.165) is 51.4 Å². The number of esters is 1. The fourth-order valence-electron chi connectivity index (χ4n) is 12.3. The van der Waals surface area contributed by atoms with E-state index in [2.05, 4.69) is 55.6 Å². The Bertz CT molecular complexity index is 1380. The maximum Gasteiger partial charge on any atom is 0.305 e. The van der Waals surface area contributed by atoms with Crippen molar-refractivity contribution in [3.8, 4) is 0 Å². The van der Waals surface area contributed by atoms with Crippen molar-refractivity contribution in [1.82, 2.24) is 5.32 Å². The highest BCUT2D eigenvalue weighted by atomic mass is 16.5. The molecule has 0 aliphatic carbocycles. The first-order valence-electron chi connectivity index (χ1n) is 38.7. The molecule has 0 aliphatic heterocycles. The number of unbranched alkanes of at least 4 members (excludes halogenated alkanes) is 56. The maximum absolute atomic E-state index is 12.6. The summed E-state index contributed by atoms with van der Waals surface area (Å²) >= 11 is 0. The molecule has 0 fully saturated rings. The van der Waals surface area contributed by atoms with Crippen LogP contribution in [0.2, 0.25) is 0 Å². The Morgan fingerprint density at radius 2 is 0.588 bits per heavy atom. The number of carbonyl (C=O) groups is 2. The zero-order valence-electron chi connectivity index (χ0n) is 57.6. The number of aliphatic hydroxyl groups is 2.